The van der Waals surface area contributed by atoms with E-state index in [2.05, 4.69) is 11.4 Å². The Morgan fingerprint density at radius 3 is 2.31 bits per heavy atom. The number of hydrogen-bond acceptors (Lipinski definition) is 4. The summed E-state index contributed by atoms with van der Waals surface area (Å²) in [5.74, 6) is -0.178. The van der Waals surface area contributed by atoms with Gasteiger partial charge in [0, 0.05) is 58.7 Å². The Labute approximate surface area is 154 Å². The highest BCUT2D eigenvalue weighted by molar-refractivity contribution is 5.86. The monoisotopic (exact) mass is 361 g/mol. The van der Waals surface area contributed by atoms with Crippen molar-refractivity contribution in [2.45, 2.75) is 32.1 Å². The van der Waals surface area contributed by atoms with Gasteiger partial charge >= 0.3 is 6.03 Å². The molecule has 1 unspecified atom stereocenters. The minimum absolute atomic E-state index is 0.0487. The van der Waals surface area contributed by atoms with Gasteiger partial charge in [0.2, 0.25) is 11.8 Å². The van der Waals surface area contributed by atoms with Gasteiger partial charge in [-0.05, 0) is 12.8 Å². The molecule has 2 saturated heterocycles. The van der Waals surface area contributed by atoms with Crippen molar-refractivity contribution in [2.75, 3.05) is 46.8 Å². The van der Waals surface area contributed by atoms with Crippen LogP contribution in [0.25, 0.3) is 0 Å². The second-order valence-corrected chi connectivity index (χ2v) is 8.18. The molecule has 1 saturated carbocycles. The first-order chi connectivity index (χ1) is 12.3. The van der Waals surface area contributed by atoms with Gasteiger partial charge in [-0.15, -0.1) is 0 Å². The number of amides is 4. The summed E-state index contributed by atoms with van der Waals surface area (Å²) in [6.45, 7) is 2.11. The predicted molar refractivity (Wildman–Crippen MR) is 93.8 cm³/mol. The van der Waals surface area contributed by atoms with E-state index >= 15 is 0 Å². The zero-order valence-corrected chi connectivity index (χ0v) is 15.6. The van der Waals surface area contributed by atoms with Crippen LogP contribution >= 0.6 is 0 Å². The fourth-order valence-electron chi connectivity index (χ4n) is 4.51. The van der Waals surface area contributed by atoms with E-state index in [-0.39, 0.29) is 17.8 Å². The quantitative estimate of drug-likeness (QED) is 0.731. The van der Waals surface area contributed by atoms with Crippen LogP contribution in [0.1, 0.15) is 32.1 Å². The fraction of sp³-hybridized carbons (Fsp3) is 0.778. The largest absolute Gasteiger partial charge is 0.355 e. The van der Waals surface area contributed by atoms with Crippen molar-refractivity contribution in [3.8, 4) is 6.07 Å². The molecule has 142 valence electrons. The molecule has 4 amide bonds. The molecule has 3 aliphatic rings. The summed E-state index contributed by atoms with van der Waals surface area (Å²) in [4.78, 5) is 42.6. The van der Waals surface area contributed by atoms with Crippen molar-refractivity contribution in [3.05, 3.63) is 0 Å². The molecule has 26 heavy (non-hydrogen) atoms. The Morgan fingerprint density at radius 2 is 1.77 bits per heavy atom. The number of nitrogens with zero attached hydrogens (tertiary/aromatic N) is 4. The maximum absolute atomic E-state index is 13.2. The van der Waals surface area contributed by atoms with Gasteiger partial charge in [-0.1, -0.05) is 12.8 Å². The van der Waals surface area contributed by atoms with Gasteiger partial charge in [-0.25, -0.2) is 4.79 Å². The zero-order chi connectivity index (χ0) is 18.9. The minimum Gasteiger partial charge on any atom is -0.355 e. The highest BCUT2D eigenvalue weighted by Gasteiger charge is 2.49. The molecular weight excluding hydrogens is 334 g/mol. The SMILES string of the molecule is CN(C)C(=O)N1CCN(C(=O)C2(C#N)CCCC2)CC2(CNC(=O)C2)C1. The molecule has 1 N–H and O–H groups in total. The van der Waals surface area contributed by atoms with Gasteiger partial charge in [-0.3, -0.25) is 9.59 Å². The molecule has 3 rings (SSSR count). The number of carbonyl (C=O) groups excluding carboxylic acids is 3. The first-order valence-corrected chi connectivity index (χ1v) is 9.24. The molecule has 0 aromatic carbocycles. The lowest BCUT2D eigenvalue weighted by Crippen LogP contribution is -2.48. The van der Waals surface area contributed by atoms with Crippen molar-refractivity contribution in [3.63, 3.8) is 0 Å². The van der Waals surface area contributed by atoms with Gasteiger partial charge in [0.25, 0.3) is 0 Å². The van der Waals surface area contributed by atoms with E-state index in [0.717, 1.165) is 12.8 Å². The summed E-state index contributed by atoms with van der Waals surface area (Å²) in [7, 11) is 3.40. The van der Waals surface area contributed by atoms with Crippen molar-refractivity contribution in [1.82, 2.24) is 20.0 Å². The third-order valence-electron chi connectivity index (χ3n) is 5.91. The Hall–Kier alpha value is -2.30. The van der Waals surface area contributed by atoms with Crippen LogP contribution in [-0.4, -0.2) is 79.4 Å². The maximum atomic E-state index is 13.2. The zero-order valence-electron chi connectivity index (χ0n) is 15.6. The summed E-state index contributed by atoms with van der Waals surface area (Å²) in [6.07, 6.45) is 3.29. The van der Waals surface area contributed by atoms with Crippen molar-refractivity contribution in [2.24, 2.45) is 10.8 Å². The third kappa shape index (κ3) is 3.22. The fourth-order valence-corrected chi connectivity index (χ4v) is 4.51. The van der Waals surface area contributed by atoms with E-state index in [1.165, 1.54) is 4.90 Å². The second kappa shape index (κ2) is 6.78. The van der Waals surface area contributed by atoms with E-state index in [1.807, 2.05) is 0 Å². The molecule has 1 aliphatic carbocycles. The molecule has 2 aliphatic heterocycles. The van der Waals surface area contributed by atoms with E-state index < -0.39 is 10.8 Å². The highest BCUT2D eigenvalue weighted by Crippen LogP contribution is 2.41. The number of nitriles is 1. The first kappa shape index (κ1) is 18.5. The third-order valence-corrected chi connectivity index (χ3v) is 5.91. The maximum Gasteiger partial charge on any atom is 0.319 e. The van der Waals surface area contributed by atoms with E-state index in [0.29, 0.717) is 52.0 Å². The van der Waals surface area contributed by atoms with E-state index in [9.17, 15) is 19.6 Å². The second-order valence-electron chi connectivity index (χ2n) is 8.18. The molecule has 1 spiro atoms. The van der Waals surface area contributed by atoms with Crippen LogP contribution < -0.4 is 5.32 Å². The Bertz CT molecular complexity index is 650. The number of nitrogens with one attached hydrogen (secondary N) is 1. The molecule has 8 nitrogen and oxygen atoms in total. The van der Waals surface area contributed by atoms with Crippen molar-refractivity contribution >= 4 is 17.8 Å². The molecule has 0 bridgehead atoms. The van der Waals surface area contributed by atoms with Gasteiger partial charge in [0.05, 0.1) is 6.07 Å². The van der Waals surface area contributed by atoms with Crippen LogP contribution in [0.2, 0.25) is 0 Å². The standard InChI is InChI=1S/C18H27N5O3/c1-21(2)16(26)23-8-7-22(12-17(13-23)9-14(24)20-11-17)15(25)18(10-19)5-3-4-6-18/h3-9,11-13H2,1-2H3,(H,20,24). The van der Waals surface area contributed by atoms with Crippen LogP contribution in [0, 0.1) is 22.2 Å². The van der Waals surface area contributed by atoms with E-state index in [4.69, 9.17) is 0 Å². The Morgan fingerprint density at radius 1 is 1.15 bits per heavy atom. The molecule has 2 heterocycles. The van der Waals surface area contributed by atoms with Crippen LogP contribution in [0.4, 0.5) is 4.79 Å². The minimum atomic E-state index is -0.933. The molecule has 3 fully saturated rings. The number of hydrogen-bond donors (Lipinski definition) is 1. The normalized spacial score (nSPS) is 27.8. The number of carbonyl (C=O) groups is 3. The van der Waals surface area contributed by atoms with Gasteiger partial charge in [0.1, 0.15) is 5.41 Å². The summed E-state index contributed by atoms with van der Waals surface area (Å²) < 4.78 is 0. The lowest BCUT2D eigenvalue weighted by atomic mass is 9.83. The van der Waals surface area contributed by atoms with Crippen LogP contribution in [0.3, 0.4) is 0 Å². The van der Waals surface area contributed by atoms with Crippen LogP contribution in [-0.2, 0) is 9.59 Å². The van der Waals surface area contributed by atoms with Gasteiger partial charge in [0.15, 0.2) is 0 Å². The van der Waals surface area contributed by atoms with Crippen LogP contribution in [0.15, 0.2) is 0 Å². The lowest BCUT2D eigenvalue weighted by Gasteiger charge is -2.35. The molecule has 0 aromatic heterocycles. The molecule has 0 radical (unpaired) electrons. The number of urea groups is 1. The summed E-state index contributed by atoms with van der Waals surface area (Å²) >= 11 is 0. The smallest absolute Gasteiger partial charge is 0.319 e. The lowest BCUT2D eigenvalue weighted by molar-refractivity contribution is -0.140. The van der Waals surface area contributed by atoms with Crippen molar-refractivity contribution < 1.29 is 14.4 Å². The average molecular weight is 361 g/mol. The highest BCUT2D eigenvalue weighted by atomic mass is 16.2. The Balaban J connectivity index is 1.86. The van der Waals surface area contributed by atoms with E-state index in [1.54, 1.807) is 23.9 Å². The van der Waals surface area contributed by atoms with Crippen molar-refractivity contribution in [1.29, 1.82) is 5.26 Å². The number of rotatable bonds is 1. The molecule has 8 heteroatoms. The summed E-state index contributed by atoms with van der Waals surface area (Å²) in [5.41, 5.74) is -1.41. The molecule has 0 aromatic rings. The molecule has 1 atom stereocenters. The summed E-state index contributed by atoms with van der Waals surface area (Å²) in [5, 5.41) is 12.5. The topological polar surface area (TPSA) is 96.8 Å². The Kier molecular flexibility index (Phi) is 4.82. The predicted octanol–water partition coefficient (Wildman–Crippen LogP) is 0.402. The van der Waals surface area contributed by atoms with Gasteiger partial charge in [-0.2, -0.15) is 5.26 Å². The summed E-state index contributed by atoms with van der Waals surface area (Å²) in [6, 6.07) is 2.16. The van der Waals surface area contributed by atoms with Gasteiger partial charge < -0.3 is 20.0 Å². The first-order valence-electron chi connectivity index (χ1n) is 9.24. The van der Waals surface area contributed by atoms with Crippen LogP contribution in [0.5, 0.6) is 0 Å². The average Bonchev–Trinajstić information content (AvgIpc) is 3.19. The molecular formula is C18H27N5O3.